The number of fused-ring (bicyclic) bond motifs is 3. The Morgan fingerprint density at radius 2 is 1.48 bits per heavy atom. The number of hydrogen-bond acceptors (Lipinski definition) is 12. The highest BCUT2D eigenvalue weighted by molar-refractivity contribution is 5.89. The Morgan fingerprint density at radius 1 is 0.886 bits per heavy atom. The molecular weight excluding hydrogens is 576 g/mol. The van der Waals surface area contributed by atoms with Crippen molar-refractivity contribution in [2.75, 3.05) is 0 Å². The van der Waals surface area contributed by atoms with Crippen molar-refractivity contribution in [3.05, 3.63) is 11.6 Å². The zero-order chi connectivity index (χ0) is 32.4. The predicted molar refractivity (Wildman–Crippen MR) is 151 cm³/mol. The van der Waals surface area contributed by atoms with Gasteiger partial charge in [0.2, 0.25) is 0 Å². The van der Waals surface area contributed by atoms with Crippen molar-refractivity contribution in [3.63, 3.8) is 0 Å². The van der Waals surface area contributed by atoms with Gasteiger partial charge in [-0.15, -0.1) is 0 Å². The van der Waals surface area contributed by atoms with Gasteiger partial charge in [0.15, 0.2) is 17.3 Å². The van der Waals surface area contributed by atoms with E-state index in [0.717, 1.165) is 0 Å². The van der Waals surface area contributed by atoms with Gasteiger partial charge in [-0.05, 0) is 45.3 Å². The Morgan fingerprint density at radius 3 is 2.05 bits per heavy atom. The van der Waals surface area contributed by atoms with Crippen LogP contribution in [-0.2, 0) is 57.1 Å². The summed E-state index contributed by atoms with van der Waals surface area (Å²) in [5, 5.41) is 0. The summed E-state index contributed by atoms with van der Waals surface area (Å²) in [5.41, 5.74) is -4.62. The minimum absolute atomic E-state index is 0.0112. The molecular formula is C32H44O12. The number of esters is 5. The molecule has 5 rings (SSSR count). The van der Waals surface area contributed by atoms with E-state index < -0.39 is 88.5 Å². The lowest BCUT2D eigenvalue weighted by Crippen LogP contribution is -2.66. The summed E-state index contributed by atoms with van der Waals surface area (Å²) in [7, 11) is 0. The summed E-state index contributed by atoms with van der Waals surface area (Å²) in [6.45, 7) is 13.3. The smallest absolute Gasteiger partial charge is 0.342 e. The largest absolute Gasteiger partial charge is 0.462 e. The summed E-state index contributed by atoms with van der Waals surface area (Å²) in [6, 6.07) is 0. The van der Waals surface area contributed by atoms with Crippen molar-refractivity contribution >= 4 is 29.8 Å². The predicted octanol–water partition coefficient (Wildman–Crippen LogP) is 3.26. The topological polar surface area (TPSA) is 157 Å². The van der Waals surface area contributed by atoms with E-state index in [2.05, 4.69) is 0 Å². The van der Waals surface area contributed by atoms with Crippen molar-refractivity contribution in [2.24, 2.45) is 11.3 Å². The van der Waals surface area contributed by atoms with Crippen LogP contribution in [0, 0.1) is 11.3 Å². The van der Waals surface area contributed by atoms with Gasteiger partial charge < -0.3 is 33.2 Å². The van der Waals surface area contributed by atoms with E-state index in [-0.39, 0.29) is 31.8 Å². The summed E-state index contributed by atoms with van der Waals surface area (Å²) < 4.78 is 42.8. The lowest BCUT2D eigenvalue weighted by molar-refractivity contribution is -0.216. The zero-order valence-corrected chi connectivity index (χ0v) is 26.8. The molecule has 11 atom stereocenters. The van der Waals surface area contributed by atoms with Crippen LogP contribution in [0.2, 0.25) is 0 Å². The number of rotatable bonds is 8. The molecule has 4 fully saturated rings. The van der Waals surface area contributed by atoms with E-state index in [0.29, 0.717) is 18.4 Å². The number of epoxide rings is 2. The lowest BCUT2D eigenvalue weighted by Gasteiger charge is -2.54. The first kappa shape index (κ1) is 32.4. The van der Waals surface area contributed by atoms with Crippen LogP contribution in [0.25, 0.3) is 0 Å². The van der Waals surface area contributed by atoms with Crippen LogP contribution in [-0.4, -0.2) is 83.3 Å². The molecule has 1 saturated carbocycles. The van der Waals surface area contributed by atoms with Crippen molar-refractivity contribution in [1.29, 1.82) is 0 Å². The normalized spacial score (nSPS) is 44.6. The second kappa shape index (κ2) is 11.1. The fourth-order valence-corrected chi connectivity index (χ4v) is 8.03. The molecule has 0 bridgehead atoms. The van der Waals surface area contributed by atoms with E-state index in [1.54, 1.807) is 19.9 Å². The molecule has 5 aliphatic rings. The Hall–Kier alpha value is -2.99. The summed E-state index contributed by atoms with van der Waals surface area (Å²) in [6.07, 6.45) is -1.92. The maximum atomic E-state index is 13.3. The average Bonchev–Trinajstić information content (AvgIpc) is 3.75. The van der Waals surface area contributed by atoms with E-state index >= 15 is 0 Å². The van der Waals surface area contributed by atoms with Crippen molar-refractivity contribution in [3.8, 4) is 0 Å². The molecule has 0 amide bonds. The molecule has 244 valence electrons. The molecule has 0 radical (unpaired) electrons. The van der Waals surface area contributed by atoms with Gasteiger partial charge in [0.25, 0.3) is 0 Å². The Kier molecular flexibility index (Phi) is 8.19. The molecule has 0 unspecified atom stereocenters. The van der Waals surface area contributed by atoms with Crippen LogP contribution in [0.15, 0.2) is 11.6 Å². The van der Waals surface area contributed by atoms with Crippen LogP contribution < -0.4 is 0 Å². The minimum atomic E-state index is -1.48. The van der Waals surface area contributed by atoms with Crippen molar-refractivity contribution in [2.45, 2.75) is 147 Å². The summed E-state index contributed by atoms with van der Waals surface area (Å²) in [4.78, 5) is 64.8. The monoisotopic (exact) mass is 620 g/mol. The third-order valence-electron chi connectivity index (χ3n) is 10.3. The quantitative estimate of drug-likeness (QED) is 0.169. The molecule has 44 heavy (non-hydrogen) atoms. The molecule has 2 aliphatic carbocycles. The van der Waals surface area contributed by atoms with Gasteiger partial charge in [0.1, 0.15) is 24.4 Å². The Labute approximate surface area is 257 Å². The van der Waals surface area contributed by atoms with Gasteiger partial charge in [0, 0.05) is 45.4 Å². The SMILES string of the molecule is CCCC(=O)O[C@H]1C[C@@H](OC(=O)CCC)/C(C)=C\[C@@H]2OC(=O)[C@]3(C)O[C@]23[C@@H](OC(C)=O)[C@H]2[C@@]3(C)O[C@H]3C[C@H](OC(C)=O)[C@]12C. The molecule has 3 aliphatic heterocycles. The average molecular weight is 621 g/mol. The second-order valence-electron chi connectivity index (χ2n) is 13.4. The molecule has 3 saturated heterocycles. The molecule has 3 heterocycles. The first-order valence-electron chi connectivity index (χ1n) is 15.6. The van der Waals surface area contributed by atoms with Crippen LogP contribution in [0.1, 0.15) is 93.9 Å². The maximum absolute atomic E-state index is 13.3. The zero-order valence-electron chi connectivity index (χ0n) is 26.8. The first-order valence-corrected chi connectivity index (χ1v) is 15.6. The number of carbonyl (C=O) groups is 5. The maximum Gasteiger partial charge on any atom is 0.342 e. The molecule has 0 aromatic carbocycles. The third kappa shape index (κ3) is 4.92. The van der Waals surface area contributed by atoms with Gasteiger partial charge in [-0.2, -0.15) is 0 Å². The van der Waals surface area contributed by atoms with Gasteiger partial charge in [-0.3, -0.25) is 19.2 Å². The molecule has 12 heteroatoms. The number of ether oxygens (including phenoxy) is 7. The van der Waals surface area contributed by atoms with Gasteiger partial charge in [0.05, 0.1) is 17.1 Å². The molecule has 12 nitrogen and oxygen atoms in total. The number of hydrogen-bond donors (Lipinski definition) is 0. The number of carbonyl (C=O) groups excluding carboxylic acids is 5. The van der Waals surface area contributed by atoms with Gasteiger partial charge in [-0.25, -0.2) is 4.79 Å². The second-order valence-corrected chi connectivity index (χ2v) is 13.4. The van der Waals surface area contributed by atoms with E-state index in [1.165, 1.54) is 13.8 Å². The van der Waals surface area contributed by atoms with Crippen molar-refractivity contribution in [1.82, 2.24) is 0 Å². The van der Waals surface area contributed by atoms with Gasteiger partial charge in [-0.1, -0.05) is 20.8 Å². The van der Waals surface area contributed by atoms with E-state index in [1.807, 2.05) is 27.7 Å². The Balaban J connectivity index is 1.77. The third-order valence-corrected chi connectivity index (χ3v) is 10.3. The highest BCUT2D eigenvalue weighted by Gasteiger charge is 2.89. The fraction of sp³-hybridized carbons (Fsp3) is 0.781. The van der Waals surface area contributed by atoms with Crippen LogP contribution >= 0.6 is 0 Å². The van der Waals surface area contributed by atoms with E-state index in [4.69, 9.17) is 33.2 Å². The molecule has 0 aromatic heterocycles. The molecule has 0 N–H and O–H groups in total. The summed E-state index contributed by atoms with van der Waals surface area (Å²) >= 11 is 0. The minimum Gasteiger partial charge on any atom is -0.462 e. The first-order chi connectivity index (χ1) is 20.6. The fourth-order valence-electron chi connectivity index (χ4n) is 8.03. The van der Waals surface area contributed by atoms with E-state index in [9.17, 15) is 24.0 Å². The molecule has 1 spiro atoms. The van der Waals surface area contributed by atoms with Crippen LogP contribution in [0.5, 0.6) is 0 Å². The standard InChI is InChI=1S/C32H44O12/c1-9-11-24(35)40-19-14-20(41-25(36)12-10-2)29(6)21(38-17(4)33)15-22-30(7,43-22)26(29)27(39-18(5)34)32-23(13-16(19)3)42-28(37)31(32,8)44-32/h13,19-23,26-27H,9-12,14-15H2,1-8H3/b16-13-/t19-,20+,21+,22+,23+,26-,27+,29+,30+,31+,32+/m1/s1. The van der Waals surface area contributed by atoms with Crippen LogP contribution in [0.3, 0.4) is 0 Å². The Bertz CT molecular complexity index is 1280. The lowest BCUT2D eigenvalue weighted by atomic mass is 9.53. The molecule has 0 aromatic rings. The highest BCUT2D eigenvalue weighted by atomic mass is 16.7. The van der Waals surface area contributed by atoms with Crippen LogP contribution in [0.4, 0.5) is 0 Å². The van der Waals surface area contributed by atoms with Crippen molar-refractivity contribution < 1.29 is 57.1 Å². The highest BCUT2D eigenvalue weighted by Crippen LogP contribution is 2.69. The van der Waals surface area contributed by atoms with Gasteiger partial charge >= 0.3 is 29.8 Å². The summed E-state index contributed by atoms with van der Waals surface area (Å²) in [5.74, 6) is -3.54.